The van der Waals surface area contributed by atoms with Gasteiger partial charge in [-0.05, 0) is 38.4 Å². The second-order valence-corrected chi connectivity index (χ2v) is 6.11. The Morgan fingerprint density at radius 2 is 2.06 bits per heavy atom. The number of hydrogen-bond donors (Lipinski definition) is 1. The summed E-state index contributed by atoms with van der Waals surface area (Å²) in [6.07, 6.45) is 12.0. The molecule has 0 saturated heterocycles. The fraction of sp³-hybridized carbons (Fsp3) is 0.667. The van der Waals surface area contributed by atoms with E-state index in [0.29, 0.717) is 11.3 Å². The number of carbonyl (C=O) groups is 1. The van der Waals surface area contributed by atoms with Crippen LogP contribution in [0.15, 0.2) is 25.3 Å². The third-order valence-electron chi connectivity index (χ3n) is 3.58. The lowest BCUT2D eigenvalue weighted by molar-refractivity contribution is -0.125. The molecule has 1 N–H and O–H groups in total. The van der Waals surface area contributed by atoms with Gasteiger partial charge in [0.15, 0.2) is 0 Å². The molecule has 1 amide bonds. The first kappa shape index (κ1) is 15.4. The molecule has 0 heterocycles. The molecule has 1 fully saturated rings. The quantitative estimate of drug-likeness (QED) is 0.715. The molecule has 1 saturated carbocycles. The molecule has 0 spiro atoms. The predicted octanol–water partition coefficient (Wildman–Crippen LogP) is 3.55. The van der Waals surface area contributed by atoms with E-state index in [2.05, 4.69) is 24.7 Å². The maximum atomic E-state index is 12.2. The first-order valence-corrected chi connectivity index (χ1v) is 8.05. The van der Waals surface area contributed by atoms with Crippen LogP contribution in [0.1, 0.15) is 38.5 Å². The van der Waals surface area contributed by atoms with Gasteiger partial charge in [0.25, 0.3) is 0 Å². The second kappa shape index (κ2) is 8.41. The van der Waals surface area contributed by atoms with Gasteiger partial charge in [-0.25, -0.2) is 0 Å². The number of amides is 1. The van der Waals surface area contributed by atoms with Crippen LogP contribution in [0.2, 0.25) is 0 Å². The zero-order chi connectivity index (χ0) is 13.4. The Bertz CT molecular complexity index is 280. The van der Waals surface area contributed by atoms with Gasteiger partial charge >= 0.3 is 0 Å². The van der Waals surface area contributed by atoms with Gasteiger partial charge in [0, 0.05) is 17.2 Å². The van der Waals surface area contributed by atoms with Crippen LogP contribution in [-0.4, -0.2) is 23.5 Å². The van der Waals surface area contributed by atoms with Crippen LogP contribution in [0, 0.1) is 5.92 Å². The van der Waals surface area contributed by atoms with Crippen LogP contribution in [0.3, 0.4) is 0 Å². The first-order chi connectivity index (χ1) is 8.71. The van der Waals surface area contributed by atoms with Gasteiger partial charge in [0.05, 0.1) is 0 Å². The average molecular weight is 267 g/mol. The standard InChI is InChI=1S/C15H25NOS/c1-4-7-12(8-5-2)15(17)16-13-9-6-10-14(11-13)18-3/h4-5,12-14H,1-2,6-11H2,3H3,(H,16,17)/t13-,14-/m1/s1. The summed E-state index contributed by atoms with van der Waals surface area (Å²) < 4.78 is 0. The molecule has 2 nitrogen and oxygen atoms in total. The minimum Gasteiger partial charge on any atom is -0.353 e. The minimum absolute atomic E-state index is 0.00894. The fourth-order valence-electron chi connectivity index (χ4n) is 2.52. The highest BCUT2D eigenvalue weighted by atomic mass is 32.2. The van der Waals surface area contributed by atoms with E-state index in [1.54, 1.807) is 0 Å². The lowest BCUT2D eigenvalue weighted by atomic mass is 9.93. The van der Waals surface area contributed by atoms with Crippen LogP contribution < -0.4 is 5.32 Å². The topological polar surface area (TPSA) is 29.1 Å². The zero-order valence-corrected chi connectivity index (χ0v) is 12.2. The van der Waals surface area contributed by atoms with Gasteiger partial charge < -0.3 is 5.32 Å². The van der Waals surface area contributed by atoms with Gasteiger partial charge in [-0.3, -0.25) is 4.79 Å². The summed E-state index contributed by atoms with van der Waals surface area (Å²) in [5, 5.41) is 3.91. The number of allylic oxidation sites excluding steroid dienone is 2. The van der Waals surface area contributed by atoms with Crippen molar-refractivity contribution in [1.29, 1.82) is 0 Å². The van der Waals surface area contributed by atoms with E-state index in [9.17, 15) is 4.79 Å². The largest absolute Gasteiger partial charge is 0.353 e. The molecule has 1 aliphatic carbocycles. The molecule has 2 atom stereocenters. The van der Waals surface area contributed by atoms with Gasteiger partial charge in [-0.1, -0.05) is 18.6 Å². The summed E-state index contributed by atoms with van der Waals surface area (Å²) in [7, 11) is 0. The number of thioether (sulfide) groups is 1. The molecule has 0 aromatic carbocycles. The Morgan fingerprint density at radius 1 is 1.39 bits per heavy atom. The first-order valence-electron chi connectivity index (χ1n) is 6.76. The Hall–Kier alpha value is -0.700. The van der Waals surface area contributed by atoms with E-state index in [0.717, 1.165) is 25.7 Å². The van der Waals surface area contributed by atoms with Gasteiger partial charge in [0.2, 0.25) is 5.91 Å². The molecule has 1 aliphatic rings. The van der Waals surface area contributed by atoms with Crippen molar-refractivity contribution in [2.45, 2.75) is 49.8 Å². The lowest BCUT2D eigenvalue weighted by Gasteiger charge is -2.29. The molecule has 0 aliphatic heterocycles. The van der Waals surface area contributed by atoms with Gasteiger partial charge in [-0.15, -0.1) is 13.2 Å². The SMILES string of the molecule is C=CCC(CC=C)C(=O)N[C@@H]1CCC[C@@H](SC)C1. The van der Waals surface area contributed by atoms with Crippen molar-refractivity contribution in [3.63, 3.8) is 0 Å². The van der Waals surface area contributed by atoms with Crippen molar-refractivity contribution >= 4 is 17.7 Å². The van der Waals surface area contributed by atoms with Crippen LogP contribution in [0.25, 0.3) is 0 Å². The molecule has 18 heavy (non-hydrogen) atoms. The predicted molar refractivity (Wildman–Crippen MR) is 80.8 cm³/mol. The maximum absolute atomic E-state index is 12.2. The second-order valence-electron chi connectivity index (χ2n) is 4.98. The number of carbonyl (C=O) groups excluding carboxylic acids is 1. The molecule has 0 aromatic rings. The average Bonchev–Trinajstić information content (AvgIpc) is 2.38. The van der Waals surface area contributed by atoms with E-state index in [-0.39, 0.29) is 11.8 Å². The maximum Gasteiger partial charge on any atom is 0.223 e. The van der Waals surface area contributed by atoms with E-state index in [4.69, 9.17) is 0 Å². The number of nitrogens with one attached hydrogen (secondary N) is 1. The van der Waals surface area contributed by atoms with E-state index in [1.165, 1.54) is 12.8 Å². The molecule has 0 unspecified atom stereocenters. The summed E-state index contributed by atoms with van der Waals surface area (Å²) in [5.41, 5.74) is 0. The Labute approximate surface area is 115 Å². The molecular formula is C15H25NOS. The molecule has 0 aromatic heterocycles. The highest BCUT2D eigenvalue weighted by molar-refractivity contribution is 7.99. The summed E-state index contributed by atoms with van der Waals surface area (Å²) in [6.45, 7) is 7.44. The zero-order valence-electron chi connectivity index (χ0n) is 11.4. The molecule has 0 radical (unpaired) electrons. The van der Waals surface area contributed by atoms with Crippen LogP contribution in [0.5, 0.6) is 0 Å². The third kappa shape index (κ3) is 4.89. The summed E-state index contributed by atoms with van der Waals surface area (Å²) >= 11 is 1.92. The van der Waals surface area contributed by atoms with Gasteiger partial charge in [0.1, 0.15) is 0 Å². The molecule has 102 valence electrons. The van der Waals surface area contributed by atoms with Crippen molar-refractivity contribution in [3.8, 4) is 0 Å². The van der Waals surface area contributed by atoms with Crippen LogP contribution in [0.4, 0.5) is 0 Å². The summed E-state index contributed by atoms with van der Waals surface area (Å²) in [5.74, 6) is 0.177. The van der Waals surface area contributed by atoms with Crippen molar-refractivity contribution in [2.75, 3.05) is 6.26 Å². The van der Waals surface area contributed by atoms with Gasteiger partial charge in [-0.2, -0.15) is 11.8 Å². The van der Waals surface area contributed by atoms with Crippen molar-refractivity contribution in [2.24, 2.45) is 5.92 Å². The molecule has 1 rings (SSSR count). The highest BCUT2D eigenvalue weighted by Gasteiger charge is 2.24. The Morgan fingerprint density at radius 3 is 2.61 bits per heavy atom. The van der Waals surface area contributed by atoms with Crippen molar-refractivity contribution in [1.82, 2.24) is 5.32 Å². The smallest absolute Gasteiger partial charge is 0.223 e. The van der Waals surface area contributed by atoms with Crippen LogP contribution >= 0.6 is 11.8 Å². The monoisotopic (exact) mass is 267 g/mol. The van der Waals surface area contributed by atoms with E-state index in [1.807, 2.05) is 23.9 Å². The molecular weight excluding hydrogens is 242 g/mol. The number of rotatable bonds is 7. The Kier molecular flexibility index (Phi) is 7.18. The molecule has 3 heteroatoms. The molecule has 0 bridgehead atoms. The fourth-order valence-corrected chi connectivity index (χ4v) is 3.35. The lowest BCUT2D eigenvalue weighted by Crippen LogP contribution is -2.42. The normalized spacial score (nSPS) is 23.7. The summed E-state index contributed by atoms with van der Waals surface area (Å²) in [6, 6.07) is 0.362. The van der Waals surface area contributed by atoms with Crippen LogP contribution in [-0.2, 0) is 4.79 Å². The van der Waals surface area contributed by atoms with Crippen molar-refractivity contribution in [3.05, 3.63) is 25.3 Å². The van der Waals surface area contributed by atoms with Crippen molar-refractivity contribution < 1.29 is 4.79 Å². The third-order valence-corrected chi connectivity index (χ3v) is 4.67. The van der Waals surface area contributed by atoms with E-state index >= 15 is 0 Å². The Balaban J connectivity index is 2.45. The number of hydrogen-bond acceptors (Lipinski definition) is 2. The highest BCUT2D eigenvalue weighted by Crippen LogP contribution is 2.27. The summed E-state index contributed by atoms with van der Waals surface area (Å²) in [4.78, 5) is 12.2. The minimum atomic E-state index is 0.00894. The van der Waals surface area contributed by atoms with E-state index < -0.39 is 0 Å².